The van der Waals surface area contributed by atoms with Crippen molar-refractivity contribution in [3.8, 4) is 0 Å². The van der Waals surface area contributed by atoms with Gasteiger partial charge in [0.1, 0.15) is 5.52 Å². The number of rotatable bonds is 2. The summed E-state index contributed by atoms with van der Waals surface area (Å²) in [5, 5.41) is 7.00. The third-order valence-corrected chi connectivity index (χ3v) is 3.45. The summed E-state index contributed by atoms with van der Waals surface area (Å²) in [6, 6.07) is 5.06. The van der Waals surface area contributed by atoms with Gasteiger partial charge in [-0.25, -0.2) is 9.44 Å². The van der Waals surface area contributed by atoms with E-state index in [9.17, 15) is 18.0 Å². The zero-order valence-electron chi connectivity index (χ0n) is 10.2. The fourth-order valence-corrected chi connectivity index (χ4v) is 2.44. The van der Waals surface area contributed by atoms with E-state index >= 15 is 0 Å². The maximum atomic E-state index is 11.5. The van der Waals surface area contributed by atoms with E-state index in [-0.39, 0.29) is 6.01 Å². The van der Waals surface area contributed by atoms with Crippen LogP contribution in [0.5, 0.6) is 0 Å². The van der Waals surface area contributed by atoms with Crippen molar-refractivity contribution >= 4 is 39.1 Å². The normalized spacial score (nSPS) is 18.9. The highest BCUT2D eigenvalue weighted by Crippen LogP contribution is 2.21. The van der Waals surface area contributed by atoms with Crippen molar-refractivity contribution in [3.05, 3.63) is 24.3 Å². The van der Waals surface area contributed by atoms with E-state index in [1.807, 2.05) is 0 Å². The fraction of sp³-hybridized carbons (Fsp3) is 0.100. The van der Waals surface area contributed by atoms with Gasteiger partial charge in [0.05, 0.1) is 0 Å². The number of para-hydroxylation sites is 2. The van der Waals surface area contributed by atoms with E-state index in [1.165, 1.54) is 0 Å². The average molecular weight is 309 g/mol. The molecule has 0 aliphatic carbocycles. The summed E-state index contributed by atoms with van der Waals surface area (Å²) in [6.45, 7) is 0. The predicted molar refractivity (Wildman–Crippen MR) is 67.5 cm³/mol. The minimum absolute atomic E-state index is 0.148. The maximum Gasteiger partial charge on any atom is 0.341 e. The van der Waals surface area contributed by atoms with Crippen LogP contribution in [0.4, 0.5) is 6.01 Å². The van der Waals surface area contributed by atoms with E-state index < -0.39 is 28.1 Å². The molecule has 1 aromatic carbocycles. The van der Waals surface area contributed by atoms with Crippen molar-refractivity contribution in [2.75, 3.05) is 0 Å². The highest BCUT2D eigenvalue weighted by Gasteiger charge is 2.37. The Kier molecular flexibility index (Phi) is 2.90. The SMILES string of the molecule is O=C1NS(=O)(=O)NC(=O)C1N=Nc1nc2ccccc2o1. The number of nitrogens with zero attached hydrogens (tertiary/aromatic N) is 3. The summed E-state index contributed by atoms with van der Waals surface area (Å²) in [6.07, 6.45) is 0. The van der Waals surface area contributed by atoms with Gasteiger partial charge in [0.2, 0.25) is 6.04 Å². The van der Waals surface area contributed by atoms with Gasteiger partial charge in [-0.3, -0.25) is 9.59 Å². The first-order valence-corrected chi connectivity index (χ1v) is 7.07. The number of carbonyl (C=O) groups is 2. The Bertz CT molecular complexity index is 814. The number of fused-ring (bicyclic) bond motifs is 1. The van der Waals surface area contributed by atoms with Crippen LogP contribution in [-0.4, -0.2) is 31.3 Å². The van der Waals surface area contributed by atoms with Gasteiger partial charge in [0.15, 0.2) is 5.58 Å². The molecule has 0 spiro atoms. The minimum atomic E-state index is -4.16. The van der Waals surface area contributed by atoms with Gasteiger partial charge in [-0.15, -0.1) is 0 Å². The van der Waals surface area contributed by atoms with Gasteiger partial charge in [-0.2, -0.15) is 18.5 Å². The van der Waals surface area contributed by atoms with Crippen LogP contribution < -0.4 is 9.44 Å². The summed E-state index contributed by atoms with van der Waals surface area (Å²) in [5.74, 6) is -2.20. The molecule has 0 atom stereocenters. The second-order valence-electron chi connectivity index (χ2n) is 4.02. The molecule has 2 heterocycles. The van der Waals surface area contributed by atoms with E-state index in [2.05, 4.69) is 15.2 Å². The van der Waals surface area contributed by atoms with Crippen LogP contribution in [0.15, 0.2) is 38.9 Å². The lowest BCUT2D eigenvalue weighted by Crippen LogP contribution is -2.57. The first-order chi connectivity index (χ1) is 9.94. The third-order valence-electron chi connectivity index (χ3n) is 2.51. The van der Waals surface area contributed by atoms with Crippen LogP contribution in [0, 0.1) is 0 Å². The van der Waals surface area contributed by atoms with Crippen molar-refractivity contribution in [1.82, 2.24) is 14.4 Å². The quantitative estimate of drug-likeness (QED) is 0.579. The Labute approximate surface area is 117 Å². The van der Waals surface area contributed by atoms with E-state index in [0.29, 0.717) is 11.1 Å². The molecule has 2 amide bonds. The Morgan fingerprint density at radius 2 is 1.81 bits per heavy atom. The summed E-state index contributed by atoms with van der Waals surface area (Å²) >= 11 is 0. The monoisotopic (exact) mass is 309 g/mol. The van der Waals surface area contributed by atoms with Gasteiger partial charge in [0.25, 0.3) is 11.8 Å². The first kappa shape index (κ1) is 13.2. The summed E-state index contributed by atoms with van der Waals surface area (Å²) in [4.78, 5) is 26.9. The van der Waals surface area contributed by atoms with E-state index in [4.69, 9.17) is 4.42 Å². The molecule has 0 bridgehead atoms. The highest BCUT2D eigenvalue weighted by molar-refractivity contribution is 7.88. The minimum Gasteiger partial charge on any atom is -0.421 e. The zero-order chi connectivity index (χ0) is 15.0. The Hall–Kier alpha value is -2.82. The van der Waals surface area contributed by atoms with Crippen LogP contribution in [-0.2, 0) is 19.8 Å². The number of nitrogens with one attached hydrogen (secondary N) is 2. The van der Waals surface area contributed by atoms with Gasteiger partial charge in [0, 0.05) is 0 Å². The van der Waals surface area contributed by atoms with Crippen molar-refractivity contribution < 1.29 is 22.4 Å². The molecule has 2 aromatic rings. The van der Waals surface area contributed by atoms with Crippen LogP contribution in [0.25, 0.3) is 11.1 Å². The van der Waals surface area contributed by atoms with Crippen LogP contribution >= 0.6 is 0 Å². The number of oxazole rings is 1. The summed E-state index contributed by atoms with van der Waals surface area (Å²) < 4.78 is 30.5. The molecule has 108 valence electrons. The lowest BCUT2D eigenvalue weighted by Gasteiger charge is -2.17. The average Bonchev–Trinajstić information content (AvgIpc) is 2.78. The molecular formula is C10H7N5O5S. The number of aromatic nitrogens is 1. The fourth-order valence-electron chi connectivity index (χ4n) is 1.64. The highest BCUT2D eigenvalue weighted by atomic mass is 32.2. The molecule has 1 saturated heterocycles. The lowest BCUT2D eigenvalue weighted by molar-refractivity contribution is -0.130. The molecule has 3 rings (SSSR count). The van der Waals surface area contributed by atoms with Gasteiger partial charge in [-0.05, 0) is 12.1 Å². The van der Waals surface area contributed by atoms with Crippen LogP contribution in [0.3, 0.4) is 0 Å². The Morgan fingerprint density at radius 1 is 1.14 bits per heavy atom. The molecule has 21 heavy (non-hydrogen) atoms. The molecular weight excluding hydrogens is 302 g/mol. The van der Waals surface area contributed by atoms with Gasteiger partial charge in [-0.1, -0.05) is 17.2 Å². The zero-order valence-corrected chi connectivity index (χ0v) is 11.0. The molecule has 1 aromatic heterocycles. The molecule has 0 saturated carbocycles. The Balaban J connectivity index is 1.85. The summed E-state index contributed by atoms with van der Waals surface area (Å²) in [5.41, 5.74) is 0.998. The van der Waals surface area contributed by atoms with Crippen LogP contribution in [0.2, 0.25) is 0 Å². The standard InChI is InChI=1S/C10H7N5O5S/c16-8-7(9(17)15-21(18,19)14-8)12-13-10-11-5-3-1-2-4-6(5)20-10/h1-4,7H,(H,14,16)(H,15,17). The smallest absolute Gasteiger partial charge is 0.341 e. The number of azo groups is 1. The topological polar surface area (TPSA) is 143 Å². The second-order valence-corrected chi connectivity index (χ2v) is 5.43. The molecule has 11 heteroatoms. The number of amides is 2. The molecule has 1 aliphatic heterocycles. The predicted octanol–water partition coefficient (Wildman–Crippen LogP) is -0.229. The molecule has 0 radical (unpaired) electrons. The molecule has 10 nitrogen and oxygen atoms in total. The van der Waals surface area contributed by atoms with Crippen molar-refractivity contribution in [2.45, 2.75) is 6.04 Å². The summed E-state index contributed by atoms with van der Waals surface area (Å²) in [7, 11) is -4.16. The third kappa shape index (κ3) is 2.58. The maximum absolute atomic E-state index is 11.5. The van der Waals surface area contributed by atoms with Crippen LogP contribution in [0.1, 0.15) is 0 Å². The van der Waals surface area contributed by atoms with Crippen molar-refractivity contribution in [3.63, 3.8) is 0 Å². The van der Waals surface area contributed by atoms with E-state index in [1.54, 1.807) is 33.7 Å². The molecule has 1 aliphatic rings. The molecule has 0 unspecified atom stereocenters. The van der Waals surface area contributed by atoms with Crippen molar-refractivity contribution in [2.24, 2.45) is 10.2 Å². The number of hydrogen-bond acceptors (Lipinski definition) is 8. The number of hydrogen-bond donors (Lipinski definition) is 2. The van der Waals surface area contributed by atoms with Gasteiger partial charge < -0.3 is 4.42 Å². The molecule has 1 fully saturated rings. The second kappa shape index (κ2) is 4.63. The number of benzene rings is 1. The molecule has 2 N–H and O–H groups in total. The lowest BCUT2D eigenvalue weighted by atomic mass is 10.3. The Morgan fingerprint density at radius 3 is 2.48 bits per heavy atom. The number of carbonyl (C=O) groups excluding carboxylic acids is 2. The van der Waals surface area contributed by atoms with E-state index in [0.717, 1.165) is 0 Å². The largest absolute Gasteiger partial charge is 0.421 e. The van der Waals surface area contributed by atoms with Crippen molar-refractivity contribution in [1.29, 1.82) is 0 Å². The van der Waals surface area contributed by atoms with Gasteiger partial charge >= 0.3 is 16.2 Å². The first-order valence-electron chi connectivity index (χ1n) is 5.59.